The SMILES string of the molecule is O=C(N1CCN(c2nccc(-c3ccco3)n2)CC1)C(F)(F)C(F)(F)C(F)(F)F. The quantitative estimate of drug-likeness (QED) is 0.703. The van der Waals surface area contributed by atoms with Crippen LogP contribution in [0.15, 0.2) is 35.1 Å². The molecule has 0 spiro atoms. The molecule has 0 radical (unpaired) electrons. The number of nitrogens with zero attached hydrogens (tertiary/aromatic N) is 4. The lowest BCUT2D eigenvalue weighted by atomic mass is 10.1. The van der Waals surface area contributed by atoms with Gasteiger partial charge < -0.3 is 14.2 Å². The minimum Gasteiger partial charge on any atom is -0.463 e. The van der Waals surface area contributed by atoms with Crippen molar-refractivity contribution < 1.29 is 39.9 Å². The number of aromatic nitrogens is 2. The molecule has 1 aliphatic heterocycles. The number of anilines is 1. The number of hydrogen-bond donors (Lipinski definition) is 0. The summed E-state index contributed by atoms with van der Waals surface area (Å²) >= 11 is 0. The van der Waals surface area contributed by atoms with Gasteiger partial charge in [-0.1, -0.05) is 0 Å². The molecule has 0 N–H and O–H groups in total. The highest BCUT2D eigenvalue weighted by atomic mass is 19.4. The molecule has 1 amide bonds. The molecule has 0 atom stereocenters. The molecular weight excluding hydrogens is 413 g/mol. The zero-order valence-corrected chi connectivity index (χ0v) is 14.5. The number of halogens is 7. The summed E-state index contributed by atoms with van der Waals surface area (Å²) in [5.41, 5.74) is 0.426. The minimum absolute atomic E-state index is 0.138. The molecule has 0 aliphatic carbocycles. The molecule has 0 unspecified atom stereocenters. The second kappa shape index (κ2) is 7.19. The Balaban J connectivity index is 1.69. The Hall–Kier alpha value is -2.86. The standard InChI is InChI=1S/C16H13F7N4O2/c17-14(18,15(19,20)16(21,22)23)12(28)26-5-7-27(8-6-26)13-24-4-3-10(25-13)11-2-1-9-29-11/h1-4,9H,5-8H2. The van der Waals surface area contributed by atoms with Gasteiger partial charge in [0, 0.05) is 32.4 Å². The predicted octanol–water partition coefficient (Wildman–Crippen LogP) is 3.22. The summed E-state index contributed by atoms with van der Waals surface area (Å²) in [6.45, 7) is -1.28. The van der Waals surface area contributed by atoms with Crippen LogP contribution in [-0.2, 0) is 4.79 Å². The van der Waals surface area contributed by atoms with E-state index in [0.717, 1.165) is 0 Å². The number of alkyl halides is 7. The molecule has 3 rings (SSSR count). The maximum Gasteiger partial charge on any atom is 0.460 e. The summed E-state index contributed by atoms with van der Waals surface area (Å²) in [4.78, 5) is 21.7. The molecule has 1 saturated heterocycles. The number of hydrogen-bond acceptors (Lipinski definition) is 5. The first-order chi connectivity index (χ1) is 13.4. The lowest BCUT2D eigenvalue weighted by molar-refractivity contribution is -0.346. The Morgan fingerprint density at radius 3 is 2.21 bits per heavy atom. The van der Waals surface area contributed by atoms with Crippen molar-refractivity contribution in [2.45, 2.75) is 18.0 Å². The van der Waals surface area contributed by atoms with Gasteiger partial charge in [-0.05, 0) is 18.2 Å². The van der Waals surface area contributed by atoms with Crippen LogP contribution < -0.4 is 4.90 Å². The van der Waals surface area contributed by atoms with E-state index in [1.807, 2.05) is 0 Å². The van der Waals surface area contributed by atoms with Crippen LogP contribution in [-0.4, -0.2) is 65.0 Å². The van der Waals surface area contributed by atoms with Crippen LogP contribution in [0.2, 0.25) is 0 Å². The first-order valence-electron chi connectivity index (χ1n) is 8.19. The fraction of sp³-hybridized carbons (Fsp3) is 0.438. The van der Waals surface area contributed by atoms with Gasteiger partial charge in [0.15, 0.2) is 5.76 Å². The Labute approximate surface area is 158 Å². The number of carbonyl (C=O) groups excluding carboxylic acids is 1. The second-order valence-corrected chi connectivity index (χ2v) is 6.14. The zero-order valence-electron chi connectivity index (χ0n) is 14.5. The summed E-state index contributed by atoms with van der Waals surface area (Å²) in [6, 6.07) is 4.84. The molecule has 0 aromatic carbocycles. The van der Waals surface area contributed by atoms with E-state index >= 15 is 0 Å². The van der Waals surface area contributed by atoms with Crippen molar-refractivity contribution in [3.63, 3.8) is 0 Å². The van der Waals surface area contributed by atoms with Gasteiger partial charge in [0.1, 0.15) is 5.69 Å². The van der Waals surface area contributed by atoms with Crippen LogP contribution in [0, 0.1) is 0 Å². The van der Waals surface area contributed by atoms with Crippen molar-refractivity contribution in [1.82, 2.24) is 14.9 Å². The van der Waals surface area contributed by atoms with E-state index in [4.69, 9.17) is 4.42 Å². The maximum absolute atomic E-state index is 13.6. The molecule has 6 nitrogen and oxygen atoms in total. The maximum atomic E-state index is 13.6. The van der Waals surface area contributed by atoms with Crippen molar-refractivity contribution in [3.05, 3.63) is 30.7 Å². The van der Waals surface area contributed by atoms with Crippen molar-refractivity contribution in [3.8, 4) is 11.5 Å². The fourth-order valence-electron chi connectivity index (χ4n) is 2.68. The Morgan fingerprint density at radius 1 is 1.00 bits per heavy atom. The van der Waals surface area contributed by atoms with E-state index in [1.54, 1.807) is 18.2 Å². The third kappa shape index (κ3) is 3.72. The van der Waals surface area contributed by atoms with Crippen LogP contribution in [0.1, 0.15) is 0 Å². The Bertz CT molecular complexity index is 862. The first-order valence-corrected chi connectivity index (χ1v) is 8.19. The number of piperazine rings is 1. The van der Waals surface area contributed by atoms with E-state index in [1.165, 1.54) is 17.4 Å². The molecule has 158 valence electrons. The van der Waals surface area contributed by atoms with E-state index in [2.05, 4.69) is 9.97 Å². The van der Waals surface area contributed by atoms with Crippen LogP contribution in [0.4, 0.5) is 36.7 Å². The van der Waals surface area contributed by atoms with Crippen LogP contribution in [0.3, 0.4) is 0 Å². The highest BCUT2D eigenvalue weighted by molar-refractivity contribution is 5.85. The molecule has 1 fully saturated rings. The first kappa shape index (κ1) is 20.9. The number of amides is 1. The van der Waals surface area contributed by atoms with Gasteiger partial charge in [-0.2, -0.15) is 30.7 Å². The van der Waals surface area contributed by atoms with E-state index in [-0.39, 0.29) is 23.9 Å². The summed E-state index contributed by atoms with van der Waals surface area (Å²) in [5, 5.41) is 0. The molecule has 29 heavy (non-hydrogen) atoms. The van der Waals surface area contributed by atoms with Crippen LogP contribution >= 0.6 is 0 Å². The van der Waals surface area contributed by atoms with Gasteiger partial charge in [0.05, 0.1) is 6.26 Å². The van der Waals surface area contributed by atoms with E-state index < -0.39 is 37.0 Å². The summed E-state index contributed by atoms with van der Waals surface area (Å²) in [7, 11) is 0. The Morgan fingerprint density at radius 2 is 1.66 bits per heavy atom. The van der Waals surface area contributed by atoms with Crippen molar-refractivity contribution in [2.24, 2.45) is 0 Å². The monoisotopic (exact) mass is 426 g/mol. The number of carbonyl (C=O) groups is 1. The lowest BCUT2D eigenvalue weighted by Crippen LogP contribution is -2.62. The number of rotatable bonds is 4. The molecule has 1 aliphatic rings. The zero-order chi connectivity index (χ0) is 21.4. The summed E-state index contributed by atoms with van der Waals surface area (Å²) in [5.74, 6) is -14.4. The van der Waals surface area contributed by atoms with Gasteiger partial charge in [-0.15, -0.1) is 0 Å². The Kier molecular flexibility index (Phi) is 5.17. The molecule has 3 heterocycles. The highest BCUT2D eigenvalue weighted by Crippen LogP contribution is 2.47. The van der Waals surface area contributed by atoms with Crippen molar-refractivity contribution >= 4 is 11.9 Å². The topological polar surface area (TPSA) is 62.5 Å². The average Bonchev–Trinajstić information content (AvgIpc) is 3.21. The highest BCUT2D eigenvalue weighted by Gasteiger charge is 2.76. The van der Waals surface area contributed by atoms with Gasteiger partial charge >= 0.3 is 18.0 Å². The minimum atomic E-state index is -6.56. The predicted molar refractivity (Wildman–Crippen MR) is 84.5 cm³/mol. The van der Waals surface area contributed by atoms with Gasteiger partial charge in [0.2, 0.25) is 5.95 Å². The summed E-state index contributed by atoms with van der Waals surface area (Å²) < 4.78 is 95.3. The van der Waals surface area contributed by atoms with Crippen LogP contribution in [0.25, 0.3) is 11.5 Å². The molecule has 2 aromatic heterocycles. The third-order valence-electron chi connectivity index (χ3n) is 4.29. The molecule has 0 bridgehead atoms. The largest absolute Gasteiger partial charge is 0.463 e. The molecule has 13 heteroatoms. The molecule has 0 saturated carbocycles. The van der Waals surface area contributed by atoms with Crippen LogP contribution in [0.5, 0.6) is 0 Å². The van der Waals surface area contributed by atoms with Crippen molar-refractivity contribution in [2.75, 3.05) is 31.1 Å². The van der Waals surface area contributed by atoms with Gasteiger partial charge in [-0.25, -0.2) is 9.97 Å². The molecular formula is C16H13F7N4O2. The summed E-state index contributed by atoms with van der Waals surface area (Å²) in [6.07, 6.45) is -3.72. The average molecular weight is 426 g/mol. The second-order valence-electron chi connectivity index (χ2n) is 6.14. The van der Waals surface area contributed by atoms with E-state index in [0.29, 0.717) is 11.5 Å². The molecule has 2 aromatic rings. The normalized spacial score (nSPS) is 16.2. The van der Waals surface area contributed by atoms with Gasteiger partial charge in [0.25, 0.3) is 5.91 Å². The lowest BCUT2D eigenvalue weighted by Gasteiger charge is -2.37. The number of furan rings is 1. The van der Waals surface area contributed by atoms with E-state index in [9.17, 15) is 35.5 Å². The van der Waals surface area contributed by atoms with Gasteiger partial charge in [-0.3, -0.25) is 4.79 Å². The van der Waals surface area contributed by atoms with Crippen molar-refractivity contribution in [1.29, 1.82) is 0 Å². The smallest absolute Gasteiger partial charge is 0.460 e. The third-order valence-corrected chi connectivity index (χ3v) is 4.29. The fourth-order valence-corrected chi connectivity index (χ4v) is 2.68.